The van der Waals surface area contributed by atoms with Crippen LogP contribution in [0.25, 0.3) is 0 Å². The Kier molecular flexibility index (Phi) is 3.93. The summed E-state index contributed by atoms with van der Waals surface area (Å²) >= 11 is 1.11. The molecule has 2 atom stereocenters. The van der Waals surface area contributed by atoms with E-state index in [1.807, 2.05) is 0 Å². The van der Waals surface area contributed by atoms with Crippen LogP contribution in [0.15, 0.2) is 10.8 Å². The Morgan fingerprint density at radius 3 is 2.95 bits per heavy atom. The van der Waals surface area contributed by atoms with E-state index in [1.54, 1.807) is 4.90 Å². The zero-order valence-corrected chi connectivity index (χ0v) is 12.2. The van der Waals surface area contributed by atoms with Gasteiger partial charge in [0, 0.05) is 35.8 Å². The first-order valence-corrected chi connectivity index (χ1v) is 7.93. The molecule has 0 saturated carbocycles. The van der Waals surface area contributed by atoms with Gasteiger partial charge in [0.2, 0.25) is 5.91 Å². The predicted octanol–water partition coefficient (Wildman–Crippen LogP) is 2.43. The minimum absolute atomic E-state index is 0.0144. The predicted molar refractivity (Wildman–Crippen MR) is 74.5 cm³/mol. The molecule has 2 unspecified atom stereocenters. The van der Waals surface area contributed by atoms with Crippen molar-refractivity contribution < 1.29 is 18.4 Å². The summed E-state index contributed by atoms with van der Waals surface area (Å²) in [6, 6.07) is -0.0439. The van der Waals surface area contributed by atoms with E-state index in [-0.39, 0.29) is 34.9 Å². The smallest absolute Gasteiger partial charge is 0.265 e. The topological polar surface area (TPSA) is 49.4 Å². The van der Waals surface area contributed by atoms with Crippen LogP contribution in [0.3, 0.4) is 0 Å². The Hall–Kier alpha value is -1.50. The molecule has 0 spiro atoms. The Labute approximate surface area is 125 Å². The molecule has 114 valence electrons. The zero-order chi connectivity index (χ0) is 15.0. The Bertz CT molecular complexity index is 561. The van der Waals surface area contributed by atoms with E-state index in [0.29, 0.717) is 19.5 Å². The molecule has 2 fully saturated rings. The Balaban J connectivity index is 1.75. The molecule has 0 bridgehead atoms. The van der Waals surface area contributed by atoms with Crippen LogP contribution < -0.4 is 5.32 Å². The van der Waals surface area contributed by atoms with Gasteiger partial charge in [-0.3, -0.25) is 9.59 Å². The number of carbonyl (C=O) groups is 2. The minimum Gasteiger partial charge on any atom is -0.351 e. The first kappa shape index (κ1) is 14.4. The van der Waals surface area contributed by atoms with Gasteiger partial charge in [0.05, 0.1) is 11.6 Å². The fourth-order valence-electron chi connectivity index (χ4n) is 3.12. The second-order valence-corrected chi connectivity index (χ2v) is 6.32. The molecule has 3 rings (SSSR count). The highest BCUT2D eigenvalue weighted by atomic mass is 32.1. The lowest BCUT2D eigenvalue weighted by molar-refractivity contribution is -0.121. The van der Waals surface area contributed by atoms with Crippen molar-refractivity contribution in [1.29, 1.82) is 0 Å². The van der Waals surface area contributed by atoms with Gasteiger partial charge in [0.25, 0.3) is 12.3 Å². The van der Waals surface area contributed by atoms with Crippen LogP contribution in [0.1, 0.15) is 41.6 Å². The summed E-state index contributed by atoms with van der Waals surface area (Å²) in [5.41, 5.74) is -0.0982. The van der Waals surface area contributed by atoms with Crippen LogP contribution in [0, 0.1) is 5.92 Å². The van der Waals surface area contributed by atoms with Crippen LogP contribution in [0.4, 0.5) is 8.78 Å². The van der Waals surface area contributed by atoms with E-state index in [2.05, 4.69) is 5.32 Å². The molecule has 4 nitrogen and oxygen atoms in total. The minimum atomic E-state index is -2.64. The van der Waals surface area contributed by atoms with Gasteiger partial charge in [-0.15, -0.1) is 0 Å². The van der Waals surface area contributed by atoms with Crippen molar-refractivity contribution in [2.75, 3.05) is 13.1 Å². The number of halogens is 2. The number of carbonyl (C=O) groups excluding carboxylic acids is 2. The van der Waals surface area contributed by atoms with E-state index >= 15 is 0 Å². The van der Waals surface area contributed by atoms with Crippen molar-refractivity contribution in [3.63, 3.8) is 0 Å². The third-order valence-electron chi connectivity index (χ3n) is 4.21. The van der Waals surface area contributed by atoms with Crippen molar-refractivity contribution in [3.05, 3.63) is 21.9 Å². The van der Waals surface area contributed by atoms with Gasteiger partial charge >= 0.3 is 0 Å². The number of hydrogen-bond acceptors (Lipinski definition) is 3. The Morgan fingerprint density at radius 1 is 1.38 bits per heavy atom. The molecule has 0 aromatic carbocycles. The summed E-state index contributed by atoms with van der Waals surface area (Å²) in [4.78, 5) is 25.6. The molecule has 21 heavy (non-hydrogen) atoms. The van der Waals surface area contributed by atoms with Crippen LogP contribution >= 0.6 is 11.3 Å². The van der Waals surface area contributed by atoms with Crippen molar-refractivity contribution in [2.45, 2.75) is 31.7 Å². The summed E-state index contributed by atoms with van der Waals surface area (Å²) in [5, 5.41) is 5.74. The standard InChI is InChI=1S/C14H16F2N2O2S/c15-13(16)9-6-21-7-10(9)14(20)18-4-8-2-1-3-12(19)17-11(8)5-18/h6-8,11,13H,1-5H2,(H,17,19). The maximum atomic E-state index is 12.9. The number of likely N-dealkylation sites (tertiary alicyclic amines) is 1. The molecule has 0 aliphatic carbocycles. The van der Waals surface area contributed by atoms with Gasteiger partial charge in [-0.2, -0.15) is 11.3 Å². The molecular weight excluding hydrogens is 298 g/mol. The van der Waals surface area contributed by atoms with Gasteiger partial charge in [-0.05, 0) is 18.8 Å². The Morgan fingerprint density at radius 2 is 2.19 bits per heavy atom. The van der Waals surface area contributed by atoms with Gasteiger partial charge in [-0.25, -0.2) is 8.78 Å². The number of thiophene rings is 1. The lowest BCUT2D eigenvalue weighted by Gasteiger charge is -2.17. The highest BCUT2D eigenvalue weighted by Crippen LogP contribution is 2.30. The van der Waals surface area contributed by atoms with Gasteiger partial charge in [-0.1, -0.05) is 0 Å². The van der Waals surface area contributed by atoms with Gasteiger partial charge in [0.1, 0.15) is 0 Å². The SMILES string of the molecule is O=C1CCCC2CN(C(=O)c3cscc3C(F)F)CC2N1. The van der Waals surface area contributed by atoms with Crippen LogP contribution in [0.5, 0.6) is 0 Å². The molecule has 2 amide bonds. The normalized spacial score (nSPS) is 25.7. The van der Waals surface area contributed by atoms with Crippen molar-refractivity contribution >= 4 is 23.2 Å². The molecule has 2 aliphatic rings. The molecule has 3 heterocycles. The molecule has 7 heteroatoms. The first-order chi connectivity index (χ1) is 10.1. The van der Waals surface area contributed by atoms with E-state index < -0.39 is 6.43 Å². The van der Waals surface area contributed by atoms with E-state index in [1.165, 1.54) is 10.8 Å². The second kappa shape index (κ2) is 5.71. The highest BCUT2D eigenvalue weighted by molar-refractivity contribution is 7.08. The number of amides is 2. The quantitative estimate of drug-likeness (QED) is 0.911. The average Bonchev–Trinajstić information content (AvgIpc) is 3.02. The molecule has 1 N–H and O–H groups in total. The fraction of sp³-hybridized carbons (Fsp3) is 0.571. The number of alkyl halides is 2. The third-order valence-corrected chi connectivity index (χ3v) is 4.97. The maximum absolute atomic E-state index is 12.9. The van der Waals surface area contributed by atoms with E-state index in [0.717, 1.165) is 24.2 Å². The van der Waals surface area contributed by atoms with E-state index in [9.17, 15) is 18.4 Å². The first-order valence-electron chi connectivity index (χ1n) is 6.99. The molecule has 2 aliphatic heterocycles. The van der Waals surface area contributed by atoms with Crippen LogP contribution in [-0.4, -0.2) is 35.8 Å². The molecule has 2 saturated heterocycles. The summed E-state index contributed by atoms with van der Waals surface area (Å²) in [5.74, 6) is -0.108. The lowest BCUT2D eigenvalue weighted by Crippen LogP contribution is -2.39. The molecule has 1 aromatic rings. The summed E-state index contributed by atoms with van der Waals surface area (Å²) in [6.45, 7) is 0.941. The number of fused-ring (bicyclic) bond motifs is 1. The summed E-state index contributed by atoms with van der Waals surface area (Å²) < 4.78 is 25.8. The number of nitrogens with one attached hydrogen (secondary N) is 1. The summed E-state index contributed by atoms with van der Waals surface area (Å²) in [7, 11) is 0. The van der Waals surface area contributed by atoms with Crippen molar-refractivity contribution in [2.24, 2.45) is 5.92 Å². The van der Waals surface area contributed by atoms with Crippen molar-refractivity contribution in [3.8, 4) is 0 Å². The monoisotopic (exact) mass is 314 g/mol. The number of rotatable bonds is 2. The summed E-state index contributed by atoms with van der Waals surface area (Å²) in [6.07, 6.45) is -0.405. The van der Waals surface area contributed by atoms with Crippen LogP contribution in [-0.2, 0) is 4.79 Å². The maximum Gasteiger partial charge on any atom is 0.265 e. The average molecular weight is 314 g/mol. The third kappa shape index (κ3) is 2.79. The molecule has 1 aromatic heterocycles. The van der Waals surface area contributed by atoms with Gasteiger partial charge < -0.3 is 10.2 Å². The number of hydrogen-bond donors (Lipinski definition) is 1. The van der Waals surface area contributed by atoms with Gasteiger partial charge in [0.15, 0.2) is 0 Å². The number of nitrogens with zero attached hydrogens (tertiary/aromatic N) is 1. The fourth-order valence-corrected chi connectivity index (χ4v) is 3.93. The molecule has 0 radical (unpaired) electrons. The second-order valence-electron chi connectivity index (χ2n) is 5.58. The lowest BCUT2D eigenvalue weighted by atomic mass is 9.99. The van der Waals surface area contributed by atoms with E-state index in [4.69, 9.17) is 0 Å². The molecular formula is C14H16F2N2O2S. The highest BCUT2D eigenvalue weighted by Gasteiger charge is 2.38. The van der Waals surface area contributed by atoms with Crippen LogP contribution in [0.2, 0.25) is 0 Å². The van der Waals surface area contributed by atoms with Crippen molar-refractivity contribution in [1.82, 2.24) is 10.2 Å². The largest absolute Gasteiger partial charge is 0.351 e. The zero-order valence-electron chi connectivity index (χ0n) is 11.4.